The standard InChI is InChI=1S/C9H15F3N2O3/c1-16-7-3-13-2-6(7)14-8(15)4-17-5-9(10,11)12/h6-7,13H,2-5H2,1H3,(H,14,15)/t6?,7-/m0/s1. The van der Waals surface area contributed by atoms with E-state index in [9.17, 15) is 18.0 Å². The molecule has 100 valence electrons. The van der Waals surface area contributed by atoms with Crippen LogP contribution in [0, 0.1) is 0 Å². The van der Waals surface area contributed by atoms with Crippen LogP contribution in [0.3, 0.4) is 0 Å². The number of hydrogen-bond acceptors (Lipinski definition) is 4. The van der Waals surface area contributed by atoms with Gasteiger partial charge >= 0.3 is 6.18 Å². The van der Waals surface area contributed by atoms with Crippen molar-refractivity contribution in [1.82, 2.24) is 10.6 Å². The van der Waals surface area contributed by atoms with Gasteiger partial charge in [0.25, 0.3) is 0 Å². The zero-order chi connectivity index (χ0) is 12.9. The summed E-state index contributed by atoms with van der Waals surface area (Å²) in [6.45, 7) is -0.891. The number of carbonyl (C=O) groups is 1. The van der Waals surface area contributed by atoms with Gasteiger partial charge < -0.3 is 20.1 Å². The van der Waals surface area contributed by atoms with Crippen LogP contribution in [0.15, 0.2) is 0 Å². The van der Waals surface area contributed by atoms with Crippen LogP contribution >= 0.6 is 0 Å². The zero-order valence-corrected chi connectivity index (χ0v) is 9.34. The van der Waals surface area contributed by atoms with Crippen molar-refractivity contribution in [1.29, 1.82) is 0 Å². The van der Waals surface area contributed by atoms with Crippen molar-refractivity contribution >= 4 is 5.91 Å². The van der Waals surface area contributed by atoms with Crippen LogP contribution in [-0.2, 0) is 14.3 Å². The van der Waals surface area contributed by atoms with E-state index in [-0.39, 0.29) is 12.1 Å². The second kappa shape index (κ2) is 6.18. The molecule has 2 atom stereocenters. The Kier molecular flexibility index (Phi) is 5.16. The lowest BCUT2D eigenvalue weighted by Gasteiger charge is -2.18. The Bertz CT molecular complexity index is 260. The van der Waals surface area contributed by atoms with E-state index >= 15 is 0 Å². The molecule has 0 aliphatic carbocycles. The van der Waals surface area contributed by atoms with Crippen LogP contribution in [0.2, 0.25) is 0 Å². The van der Waals surface area contributed by atoms with Gasteiger partial charge in [-0.15, -0.1) is 0 Å². The molecule has 0 aromatic carbocycles. The van der Waals surface area contributed by atoms with E-state index in [1.54, 1.807) is 0 Å². The van der Waals surface area contributed by atoms with Crippen LogP contribution < -0.4 is 10.6 Å². The Balaban J connectivity index is 2.21. The molecule has 0 aromatic rings. The zero-order valence-electron chi connectivity index (χ0n) is 9.34. The van der Waals surface area contributed by atoms with Gasteiger partial charge in [-0.05, 0) is 0 Å². The third-order valence-corrected chi connectivity index (χ3v) is 2.31. The summed E-state index contributed by atoms with van der Waals surface area (Å²) in [7, 11) is 1.51. The average molecular weight is 256 g/mol. The Hall–Kier alpha value is -0.860. The average Bonchev–Trinajstić information content (AvgIpc) is 2.63. The Morgan fingerprint density at radius 2 is 2.18 bits per heavy atom. The molecule has 0 radical (unpaired) electrons. The maximum absolute atomic E-state index is 11.7. The molecule has 1 saturated heterocycles. The van der Waals surface area contributed by atoms with Crippen molar-refractivity contribution in [2.24, 2.45) is 0 Å². The monoisotopic (exact) mass is 256 g/mol. The van der Waals surface area contributed by atoms with Crippen molar-refractivity contribution in [3.8, 4) is 0 Å². The lowest BCUT2D eigenvalue weighted by atomic mass is 10.2. The second-order valence-corrected chi connectivity index (χ2v) is 3.71. The fourth-order valence-corrected chi connectivity index (χ4v) is 1.55. The SMILES string of the molecule is CO[C@H]1CNCC1NC(=O)COCC(F)(F)F. The third-order valence-electron chi connectivity index (χ3n) is 2.31. The quantitative estimate of drug-likeness (QED) is 0.707. The van der Waals surface area contributed by atoms with E-state index in [1.807, 2.05) is 0 Å². The summed E-state index contributed by atoms with van der Waals surface area (Å²) in [6.07, 6.45) is -4.58. The number of alkyl halides is 3. The Labute approximate surface area is 96.6 Å². The van der Waals surface area contributed by atoms with Gasteiger partial charge in [-0.25, -0.2) is 0 Å². The maximum atomic E-state index is 11.7. The van der Waals surface area contributed by atoms with Gasteiger partial charge in [-0.3, -0.25) is 4.79 Å². The van der Waals surface area contributed by atoms with Gasteiger partial charge in [0.1, 0.15) is 13.2 Å². The first-order chi connectivity index (χ1) is 7.92. The number of methoxy groups -OCH3 is 1. The Morgan fingerprint density at radius 3 is 2.76 bits per heavy atom. The van der Waals surface area contributed by atoms with E-state index in [0.29, 0.717) is 13.1 Å². The normalized spacial score (nSPS) is 24.9. The van der Waals surface area contributed by atoms with Gasteiger partial charge in [-0.1, -0.05) is 0 Å². The minimum atomic E-state index is -4.41. The van der Waals surface area contributed by atoms with E-state index in [0.717, 1.165) is 0 Å². The summed E-state index contributed by atoms with van der Waals surface area (Å²) in [6, 6.07) is -0.234. The van der Waals surface area contributed by atoms with Crippen molar-refractivity contribution in [3.05, 3.63) is 0 Å². The highest BCUT2D eigenvalue weighted by molar-refractivity contribution is 5.77. The molecular formula is C9H15F3N2O3. The van der Waals surface area contributed by atoms with Gasteiger partial charge in [0.2, 0.25) is 5.91 Å². The molecule has 2 N–H and O–H groups in total. The van der Waals surface area contributed by atoms with E-state index < -0.39 is 25.3 Å². The van der Waals surface area contributed by atoms with Crippen LogP contribution in [0.5, 0.6) is 0 Å². The van der Waals surface area contributed by atoms with E-state index in [1.165, 1.54) is 7.11 Å². The minimum Gasteiger partial charge on any atom is -0.378 e. The molecule has 1 rings (SSSR count). The predicted octanol–water partition coefficient (Wildman–Crippen LogP) is -0.332. The van der Waals surface area contributed by atoms with Crippen molar-refractivity contribution in [3.63, 3.8) is 0 Å². The molecule has 0 saturated carbocycles. The van der Waals surface area contributed by atoms with Gasteiger partial charge in [0.05, 0.1) is 12.1 Å². The minimum absolute atomic E-state index is 0.165. The molecule has 1 heterocycles. The highest BCUT2D eigenvalue weighted by atomic mass is 19.4. The highest BCUT2D eigenvalue weighted by Gasteiger charge is 2.30. The number of halogens is 3. The first-order valence-corrected chi connectivity index (χ1v) is 5.10. The molecular weight excluding hydrogens is 241 g/mol. The molecule has 1 aliphatic rings. The smallest absolute Gasteiger partial charge is 0.378 e. The van der Waals surface area contributed by atoms with Crippen molar-refractivity contribution in [2.75, 3.05) is 33.4 Å². The fourth-order valence-electron chi connectivity index (χ4n) is 1.55. The van der Waals surface area contributed by atoms with E-state index in [2.05, 4.69) is 15.4 Å². The molecule has 0 bridgehead atoms. The molecule has 17 heavy (non-hydrogen) atoms. The number of hydrogen-bond donors (Lipinski definition) is 2. The van der Waals surface area contributed by atoms with Gasteiger partial charge in [0.15, 0.2) is 0 Å². The summed E-state index contributed by atoms with van der Waals surface area (Å²) >= 11 is 0. The van der Waals surface area contributed by atoms with Crippen molar-refractivity contribution in [2.45, 2.75) is 18.3 Å². The first kappa shape index (κ1) is 14.2. The molecule has 1 unspecified atom stereocenters. The van der Waals surface area contributed by atoms with Crippen LogP contribution in [-0.4, -0.2) is 57.6 Å². The summed E-state index contributed by atoms with van der Waals surface area (Å²) in [5.41, 5.74) is 0. The lowest BCUT2D eigenvalue weighted by Crippen LogP contribution is -2.45. The summed E-state index contributed by atoms with van der Waals surface area (Å²) < 4.78 is 44.5. The summed E-state index contributed by atoms with van der Waals surface area (Å²) in [5, 5.41) is 5.55. The van der Waals surface area contributed by atoms with E-state index in [4.69, 9.17) is 4.74 Å². The van der Waals surface area contributed by atoms with Gasteiger partial charge in [-0.2, -0.15) is 13.2 Å². The summed E-state index contributed by atoms with van der Waals surface area (Å²) in [5.74, 6) is -0.579. The predicted molar refractivity (Wildman–Crippen MR) is 52.5 cm³/mol. The molecule has 5 nitrogen and oxygen atoms in total. The molecule has 1 amide bonds. The number of nitrogens with one attached hydrogen (secondary N) is 2. The van der Waals surface area contributed by atoms with Crippen LogP contribution in [0.4, 0.5) is 13.2 Å². The highest BCUT2D eigenvalue weighted by Crippen LogP contribution is 2.14. The fraction of sp³-hybridized carbons (Fsp3) is 0.889. The topological polar surface area (TPSA) is 59.6 Å². The third kappa shape index (κ3) is 5.33. The molecule has 1 aliphatic heterocycles. The van der Waals surface area contributed by atoms with Crippen LogP contribution in [0.1, 0.15) is 0 Å². The number of rotatable bonds is 5. The van der Waals surface area contributed by atoms with Gasteiger partial charge in [0, 0.05) is 20.2 Å². The van der Waals surface area contributed by atoms with Crippen molar-refractivity contribution < 1.29 is 27.4 Å². The molecule has 0 spiro atoms. The second-order valence-electron chi connectivity index (χ2n) is 3.71. The first-order valence-electron chi connectivity index (χ1n) is 5.10. The molecule has 1 fully saturated rings. The summed E-state index contributed by atoms with van der Waals surface area (Å²) in [4.78, 5) is 11.3. The lowest BCUT2D eigenvalue weighted by molar-refractivity contribution is -0.175. The Morgan fingerprint density at radius 1 is 1.47 bits per heavy atom. The number of ether oxygens (including phenoxy) is 2. The number of amides is 1. The number of carbonyl (C=O) groups excluding carboxylic acids is 1. The molecule has 0 aromatic heterocycles. The maximum Gasteiger partial charge on any atom is 0.411 e. The molecule has 8 heteroatoms. The largest absolute Gasteiger partial charge is 0.411 e. The van der Waals surface area contributed by atoms with Crippen LogP contribution in [0.25, 0.3) is 0 Å².